The van der Waals surface area contributed by atoms with Crippen LogP contribution in [0.1, 0.15) is 188 Å². The van der Waals surface area contributed by atoms with E-state index in [1.54, 1.807) is 6.92 Å². The Hall–Kier alpha value is -0.530. The lowest BCUT2D eigenvalue weighted by Crippen LogP contribution is -2.16. The fourth-order valence-corrected chi connectivity index (χ4v) is 5.17. The molecule has 204 valence electrons. The van der Waals surface area contributed by atoms with Crippen LogP contribution in [0.5, 0.6) is 0 Å². The largest absolute Gasteiger partial charge is 0.463 e. The van der Waals surface area contributed by atoms with E-state index in [4.69, 9.17) is 4.74 Å². The molecule has 34 heavy (non-hydrogen) atoms. The quantitative estimate of drug-likeness (QED) is 0.0862. The van der Waals surface area contributed by atoms with Crippen molar-refractivity contribution in [3.63, 3.8) is 0 Å². The van der Waals surface area contributed by atoms with E-state index < -0.39 is 0 Å². The van der Waals surface area contributed by atoms with Gasteiger partial charge < -0.3 is 4.74 Å². The number of hydrogen-bond donors (Lipinski definition) is 0. The molecule has 0 amide bonds. The van der Waals surface area contributed by atoms with Gasteiger partial charge in [0.05, 0.1) is 0 Å². The van der Waals surface area contributed by atoms with Crippen molar-refractivity contribution in [2.75, 3.05) is 0 Å². The second kappa shape index (κ2) is 27.1. The zero-order chi connectivity index (χ0) is 25.1. The lowest BCUT2D eigenvalue weighted by molar-refractivity contribution is -0.147. The van der Waals surface area contributed by atoms with Crippen molar-refractivity contribution in [1.82, 2.24) is 0 Å². The SMILES string of the molecule is CCCCCCCCCC[C@H](C)CCCCCCCCCCCC[C@@H](CCCCC)OC(C)=O. The molecule has 2 heteroatoms. The standard InChI is InChI=1S/C32H64O2/c1-5-7-9-10-11-16-19-23-26-30(3)27-24-20-17-14-12-13-15-18-21-25-29-32(34-31(4)33)28-22-8-6-2/h30,32H,5-29H2,1-4H3/t30-,32+/m0/s1. The van der Waals surface area contributed by atoms with Gasteiger partial charge in [0.1, 0.15) is 6.10 Å². The van der Waals surface area contributed by atoms with Crippen molar-refractivity contribution >= 4 is 5.97 Å². The van der Waals surface area contributed by atoms with Crippen molar-refractivity contribution in [3.05, 3.63) is 0 Å². The predicted octanol–water partition coefficient (Wildman–Crippen LogP) is 11.3. The maximum Gasteiger partial charge on any atom is 0.302 e. The van der Waals surface area contributed by atoms with E-state index in [2.05, 4.69) is 20.8 Å². The Bertz CT molecular complexity index is 406. The smallest absolute Gasteiger partial charge is 0.302 e. The first-order valence-electron chi connectivity index (χ1n) is 15.8. The average Bonchev–Trinajstić information content (AvgIpc) is 2.81. The Kier molecular flexibility index (Phi) is 26.6. The number of esters is 1. The van der Waals surface area contributed by atoms with Crippen LogP contribution in [-0.4, -0.2) is 12.1 Å². The van der Waals surface area contributed by atoms with E-state index in [1.807, 2.05) is 0 Å². The van der Waals surface area contributed by atoms with Crippen molar-refractivity contribution in [3.8, 4) is 0 Å². The minimum Gasteiger partial charge on any atom is -0.463 e. The Morgan fingerprint density at radius 1 is 0.500 bits per heavy atom. The highest BCUT2D eigenvalue weighted by Crippen LogP contribution is 2.20. The number of rotatable bonds is 27. The van der Waals surface area contributed by atoms with Gasteiger partial charge >= 0.3 is 5.97 Å². The molecule has 0 heterocycles. The minimum atomic E-state index is -0.112. The fraction of sp³-hybridized carbons (Fsp3) is 0.969. The van der Waals surface area contributed by atoms with Crippen LogP contribution in [0.4, 0.5) is 0 Å². The molecule has 0 saturated heterocycles. The van der Waals surface area contributed by atoms with Gasteiger partial charge in [0.25, 0.3) is 0 Å². The van der Waals surface area contributed by atoms with E-state index in [9.17, 15) is 4.79 Å². The van der Waals surface area contributed by atoms with E-state index in [-0.39, 0.29) is 12.1 Å². The monoisotopic (exact) mass is 480 g/mol. The van der Waals surface area contributed by atoms with Gasteiger partial charge in [0.15, 0.2) is 0 Å². The van der Waals surface area contributed by atoms with Crippen LogP contribution in [0, 0.1) is 5.92 Å². The summed E-state index contributed by atoms with van der Waals surface area (Å²) in [6, 6.07) is 0. The summed E-state index contributed by atoms with van der Waals surface area (Å²) < 4.78 is 5.51. The van der Waals surface area contributed by atoms with Gasteiger partial charge in [0.2, 0.25) is 0 Å². The summed E-state index contributed by atoms with van der Waals surface area (Å²) in [6.07, 6.45) is 34.2. The molecule has 0 spiro atoms. The summed E-state index contributed by atoms with van der Waals surface area (Å²) in [7, 11) is 0. The van der Waals surface area contributed by atoms with Crippen LogP contribution in [-0.2, 0) is 9.53 Å². The number of unbranched alkanes of at least 4 members (excludes halogenated alkanes) is 18. The molecule has 0 fully saturated rings. The van der Waals surface area contributed by atoms with Crippen molar-refractivity contribution < 1.29 is 9.53 Å². The summed E-state index contributed by atoms with van der Waals surface area (Å²) in [5.41, 5.74) is 0. The molecule has 0 bridgehead atoms. The Labute approximate surface area is 215 Å². The maximum absolute atomic E-state index is 11.3. The summed E-state index contributed by atoms with van der Waals surface area (Å²) in [4.78, 5) is 11.3. The highest BCUT2D eigenvalue weighted by Gasteiger charge is 2.11. The molecule has 0 N–H and O–H groups in total. The molecule has 0 aromatic rings. The van der Waals surface area contributed by atoms with E-state index in [0.29, 0.717) is 0 Å². The van der Waals surface area contributed by atoms with Crippen LogP contribution in [0.25, 0.3) is 0 Å². The van der Waals surface area contributed by atoms with Crippen LogP contribution in [0.3, 0.4) is 0 Å². The maximum atomic E-state index is 11.3. The van der Waals surface area contributed by atoms with Crippen molar-refractivity contribution in [2.45, 2.75) is 194 Å². The van der Waals surface area contributed by atoms with Gasteiger partial charge in [-0.05, 0) is 31.6 Å². The van der Waals surface area contributed by atoms with Gasteiger partial charge in [-0.1, -0.05) is 156 Å². The lowest BCUT2D eigenvalue weighted by atomic mass is 9.95. The third kappa shape index (κ3) is 26.1. The summed E-state index contributed by atoms with van der Waals surface area (Å²) >= 11 is 0. The predicted molar refractivity (Wildman–Crippen MR) is 151 cm³/mol. The zero-order valence-corrected chi connectivity index (χ0v) is 24.1. The Morgan fingerprint density at radius 2 is 0.794 bits per heavy atom. The molecule has 0 aliphatic carbocycles. The van der Waals surface area contributed by atoms with Crippen molar-refractivity contribution in [2.24, 2.45) is 5.92 Å². The molecule has 0 unspecified atom stereocenters. The Balaban J connectivity index is 3.38. The van der Waals surface area contributed by atoms with E-state index >= 15 is 0 Å². The molecule has 0 aromatic heterocycles. The molecular formula is C32H64O2. The Morgan fingerprint density at radius 3 is 1.18 bits per heavy atom. The molecule has 0 aromatic carbocycles. The van der Waals surface area contributed by atoms with Crippen LogP contribution in [0.2, 0.25) is 0 Å². The van der Waals surface area contributed by atoms with Crippen LogP contribution < -0.4 is 0 Å². The summed E-state index contributed by atoms with van der Waals surface area (Å²) in [5, 5.41) is 0. The van der Waals surface area contributed by atoms with Gasteiger partial charge in [0, 0.05) is 6.92 Å². The molecule has 0 aliphatic rings. The van der Waals surface area contributed by atoms with E-state index in [1.165, 1.54) is 148 Å². The highest BCUT2D eigenvalue weighted by atomic mass is 16.5. The van der Waals surface area contributed by atoms with Gasteiger partial charge in [-0.15, -0.1) is 0 Å². The lowest BCUT2D eigenvalue weighted by Gasteiger charge is -2.16. The number of carbonyl (C=O) groups is 1. The molecule has 2 nitrogen and oxygen atoms in total. The topological polar surface area (TPSA) is 26.3 Å². The second-order valence-corrected chi connectivity index (χ2v) is 11.2. The zero-order valence-electron chi connectivity index (χ0n) is 24.1. The van der Waals surface area contributed by atoms with Crippen LogP contribution in [0.15, 0.2) is 0 Å². The first-order valence-corrected chi connectivity index (χ1v) is 15.8. The van der Waals surface area contributed by atoms with Crippen LogP contribution >= 0.6 is 0 Å². The van der Waals surface area contributed by atoms with Gasteiger partial charge in [-0.2, -0.15) is 0 Å². The first-order chi connectivity index (χ1) is 16.6. The summed E-state index contributed by atoms with van der Waals surface area (Å²) in [5.74, 6) is 0.826. The van der Waals surface area contributed by atoms with E-state index in [0.717, 1.165) is 18.8 Å². The summed E-state index contributed by atoms with van der Waals surface area (Å²) in [6.45, 7) is 8.54. The first kappa shape index (κ1) is 33.5. The fourth-order valence-electron chi connectivity index (χ4n) is 5.17. The minimum absolute atomic E-state index is 0.112. The number of ether oxygens (including phenoxy) is 1. The number of carbonyl (C=O) groups excluding carboxylic acids is 1. The molecule has 2 atom stereocenters. The third-order valence-corrected chi connectivity index (χ3v) is 7.49. The second-order valence-electron chi connectivity index (χ2n) is 11.2. The molecule has 0 aliphatic heterocycles. The van der Waals surface area contributed by atoms with Crippen molar-refractivity contribution in [1.29, 1.82) is 0 Å². The van der Waals surface area contributed by atoms with Gasteiger partial charge in [-0.25, -0.2) is 0 Å². The molecule has 0 saturated carbocycles. The number of hydrogen-bond acceptors (Lipinski definition) is 2. The third-order valence-electron chi connectivity index (χ3n) is 7.49. The van der Waals surface area contributed by atoms with Gasteiger partial charge in [-0.3, -0.25) is 4.79 Å². The molecule has 0 radical (unpaired) electrons. The average molecular weight is 481 g/mol. The molecule has 0 rings (SSSR count). The normalized spacial score (nSPS) is 13.2. The highest BCUT2D eigenvalue weighted by molar-refractivity contribution is 5.66. The molecular weight excluding hydrogens is 416 g/mol.